The summed E-state index contributed by atoms with van der Waals surface area (Å²) in [7, 11) is 0. The first-order chi connectivity index (χ1) is 6.34. The Labute approximate surface area is 78.6 Å². The molecule has 0 amide bonds. The third-order valence-electron chi connectivity index (χ3n) is 2.61. The maximum absolute atomic E-state index is 4.19. The van der Waals surface area contributed by atoms with E-state index in [0.29, 0.717) is 6.04 Å². The van der Waals surface area contributed by atoms with E-state index in [1.807, 2.05) is 0 Å². The predicted octanol–water partition coefficient (Wildman–Crippen LogP) is 2.08. The molecular weight excluding hydrogens is 162 g/mol. The van der Waals surface area contributed by atoms with Gasteiger partial charge in [0.1, 0.15) is 5.82 Å². The summed E-state index contributed by atoms with van der Waals surface area (Å²) in [6, 6.07) is 0.603. The van der Waals surface area contributed by atoms with Crippen LogP contribution in [-0.2, 0) is 0 Å². The van der Waals surface area contributed by atoms with E-state index >= 15 is 0 Å². The van der Waals surface area contributed by atoms with Crippen LogP contribution in [0.5, 0.6) is 0 Å². The molecule has 1 saturated carbocycles. The van der Waals surface area contributed by atoms with Gasteiger partial charge in [0.25, 0.3) is 0 Å². The number of nitrogens with zero attached hydrogens (tertiary/aromatic N) is 2. The standard InChI is InChI=1S/C10H15N3/c1-8-2-3-9(6-8)13-10-7-11-4-5-12-10/h4-5,7-9H,2-3,6H2,1H3,(H,12,13). The molecule has 2 unspecified atom stereocenters. The van der Waals surface area contributed by atoms with E-state index in [-0.39, 0.29) is 0 Å². The van der Waals surface area contributed by atoms with Crippen molar-refractivity contribution < 1.29 is 0 Å². The molecule has 1 heterocycles. The Morgan fingerprint density at radius 2 is 2.31 bits per heavy atom. The highest BCUT2D eigenvalue weighted by Crippen LogP contribution is 2.26. The van der Waals surface area contributed by atoms with Crippen LogP contribution in [0, 0.1) is 5.92 Å². The average Bonchev–Trinajstić information content (AvgIpc) is 2.53. The summed E-state index contributed by atoms with van der Waals surface area (Å²) in [4.78, 5) is 8.21. The molecule has 0 aliphatic heterocycles. The Balaban J connectivity index is 1.92. The summed E-state index contributed by atoms with van der Waals surface area (Å²) >= 11 is 0. The molecule has 70 valence electrons. The zero-order valence-electron chi connectivity index (χ0n) is 7.90. The number of aromatic nitrogens is 2. The van der Waals surface area contributed by atoms with Gasteiger partial charge in [-0.15, -0.1) is 0 Å². The topological polar surface area (TPSA) is 37.8 Å². The van der Waals surface area contributed by atoms with E-state index in [1.54, 1.807) is 18.6 Å². The zero-order chi connectivity index (χ0) is 9.10. The Morgan fingerprint density at radius 1 is 1.38 bits per heavy atom. The van der Waals surface area contributed by atoms with E-state index in [1.165, 1.54) is 19.3 Å². The predicted molar refractivity (Wildman–Crippen MR) is 52.5 cm³/mol. The van der Waals surface area contributed by atoms with Gasteiger partial charge in [-0.1, -0.05) is 6.92 Å². The summed E-state index contributed by atoms with van der Waals surface area (Å²) in [6.07, 6.45) is 9.05. The molecule has 1 aliphatic rings. The second-order valence-corrected chi connectivity index (χ2v) is 3.85. The van der Waals surface area contributed by atoms with Gasteiger partial charge in [0, 0.05) is 18.4 Å². The second kappa shape index (κ2) is 3.73. The molecule has 0 aromatic carbocycles. The van der Waals surface area contributed by atoms with Gasteiger partial charge in [-0.3, -0.25) is 4.98 Å². The highest BCUT2D eigenvalue weighted by Gasteiger charge is 2.20. The van der Waals surface area contributed by atoms with Crippen molar-refractivity contribution in [3.63, 3.8) is 0 Å². The molecule has 0 bridgehead atoms. The summed E-state index contributed by atoms with van der Waals surface area (Å²) < 4.78 is 0. The van der Waals surface area contributed by atoms with Crippen LogP contribution in [0.25, 0.3) is 0 Å². The maximum Gasteiger partial charge on any atom is 0.144 e. The van der Waals surface area contributed by atoms with Gasteiger partial charge < -0.3 is 5.32 Å². The fourth-order valence-corrected chi connectivity index (χ4v) is 1.92. The number of hydrogen-bond donors (Lipinski definition) is 1. The van der Waals surface area contributed by atoms with Crippen molar-refractivity contribution >= 4 is 5.82 Å². The van der Waals surface area contributed by atoms with Gasteiger partial charge in [-0.25, -0.2) is 4.98 Å². The number of hydrogen-bond acceptors (Lipinski definition) is 3. The van der Waals surface area contributed by atoms with Crippen molar-refractivity contribution in [2.24, 2.45) is 5.92 Å². The summed E-state index contributed by atoms with van der Waals surface area (Å²) in [5.74, 6) is 1.76. The highest BCUT2D eigenvalue weighted by molar-refractivity contribution is 5.31. The largest absolute Gasteiger partial charge is 0.366 e. The normalized spacial score (nSPS) is 27.5. The van der Waals surface area contributed by atoms with Gasteiger partial charge >= 0.3 is 0 Å². The van der Waals surface area contributed by atoms with Crippen molar-refractivity contribution in [1.29, 1.82) is 0 Å². The second-order valence-electron chi connectivity index (χ2n) is 3.85. The molecule has 0 saturated heterocycles. The number of rotatable bonds is 2. The Morgan fingerprint density at radius 3 is 2.92 bits per heavy atom. The first-order valence-electron chi connectivity index (χ1n) is 4.87. The van der Waals surface area contributed by atoms with Crippen LogP contribution in [0.2, 0.25) is 0 Å². The molecule has 3 heteroatoms. The van der Waals surface area contributed by atoms with Gasteiger partial charge in [0.15, 0.2) is 0 Å². The number of anilines is 1. The van der Waals surface area contributed by atoms with Crippen LogP contribution in [0.3, 0.4) is 0 Å². The van der Waals surface area contributed by atoms with Crippen molar-refractivity contribution in [2.45, 2.75) is 32.2 Å². The summed E-state index contributed by atoms with van der Waals surface area (Å²) in [5, 5.41) is 3.40. The Kier molecular flexibility index (Phi) is 2.43. The lowest BCUT2D eigenvalue weighted by Crippen LogP contribution is -2.16. The quantitative estimate of drug-likeness (QED) is 0.751. The molecule has 2 atom stereocenters. The van der Waals surface area contributed by atoms with Crippen molar-refractivity contribution in [2.75, 3.05) is 5.32 Å². The molecule has 13 heavy (non-hydrogen) atoms. The van der Waals surface area contributed by atoms with Gasteiger partial charge in [-0.2, -0.15) is 0 Å². The van der Waals surface area contributed by atoms with Crippen LogP contribution < -0.4 is 5.32 Å². The first-order valence-corrected chi connectivity index (χ1v) is 4.87. The van der Waals surface area contributed by atoms with Crippen LogP contribution in [0.1, 0.15) is 26.2 Å². The maximum atomic E-state index is 4.19. The van der Waals surface area contributed by atoms with E-state index in [9.17, 15) is 0 Å². The number of nitrogens with one attached hydrogen (secondary N) is 1. The molecule has 0 radical (unpaired) electrons. The minimum Gasteiger partial charge on any atom is -0.366 e. The van der Waals surface area contributed by atoms with Gasteiger partial charge in [0.05, 0.1) is 6.20 Å². The van der Waals surface area contributed by atoms with Gasteiger partial charge in [0.2, 0.25) is 0 Å². The highest BCUT2D eigenvalue weighted by atomic mass is 15.0. The lowest BCUT2D eigenvalue weighted by molar-refractivity contribution is 0.602. The van der Waals surface area contributed by atoms with Crippen molar-refractivity contribution in [3.8, 4) is 0 Å². The van der Waals surface area contributed by atoms with Crippen molar-refractivity contribution in [3.05, 3.63) is 18.6 Å². The van der Waals surface area contributed by atoms with E-state index < -0.39 is 0 Å². The third-order valence-corrected chi connectivity index (χ3v) is 2.61. The Hall–Kier alpha value is -1.12. The third kappa shape index (κ3) is 2.17. The summed E-state index contributed by atoms with van der Waals surface area (Å²) in [5.41, 5.74) is 0. The molecular formula is C10H15N3. The monoisotopic (exact) mass is 177 g/mol. The Bertz CT molecular complexity index is 260. The minimum absolute atomic E-state index is 0.603. The van der Waals surface area contributed by atoms with E-state index in [0.717, 1.165) is 11.7 Å². The first kappa shape index (κ1) is 8.48. The van der Waals surface area contributed by atoms with E-state index in [4.69, 9.17) is 0 Å². The molecule has 0 spiro atoms. The van der Waals surface area contributed by atoms with Crippen LogP contribution >= 0.6 is 0 Å². The molecule has 1 N–H and O–H groups in total. The van der Waals surface area contributed by atoms with Crippen LogP contribution in [0.15, 0.2) is 18.6 Å². The molecule has 1 aromatic rings. The SMILES string of the molecule is CC1CCC(Nc2cnccn2)C1. The molecule has 3 nitrogen and oxygen atoms in total. The summed E-state index contributed by atoms with van der Waals surface area (Å²) in [6.45, 7) is 2.30. The minimum atomic E-state index is 0.603. The fourth-order valence-electron chi connectivity index (χ4n) is 1.92. The van der Waals surface area contributed by atoms with E-state index in [2.05, 4.69) is 22.2 Å². The fraction of sp³-hybridized carbons (Fsp3) is 0.600. The molecule has 1 aliphatic carbocycles. The van der Waals surface area contributed by atoms with Crippen molar-refractivity contribution in [1.82, 2.24) is 9.97 Å². The van der Waals surface area contributed by atoms with Crippen LogP contribution in [-0.4, -0.2) is 16.0 Å². The average molecular weight is 177 g/mol. The molecule has 1 fully saturated rings. The van der Waals surface area contributed by atoms with Gasteiger partial charge in [-0.05, 0) is 25.2 Å². The van der Waals surface area contributed by atoms with Crippen LogP contribution in [0.4, 0.5) is 5.82 Å². The smallest absolute Gasteiger partial charge is 0.144 e. The lowest BCUT2D eigenvalue weighted by Gasteiger charge is -2.11. The molecule has 1 aromatic heterocycles. The lowest BCUT2D eigenvalue weighted by atomic mass is 10.1. The zero-order valence-corrected chi connectivity index (χ0v) is 7.90. The molecule has 2 rings (SSSR count).